The van der Waals surface area contributed by atoms with E-state index in [9.17, 15) is 18.4 Å². The van der Waals surface area contributed by atoms with Crippen LogP contribution in [0.3, 0.4) is 0 Å². The van der Waals surface area contributed by atoms with Gasteiger partial charge in [0.2, 0.25) is 0 Å². The van der Waals surface area contributed by atoms with E-state index < -0.39 is 23.5 Å². The van der Waals surface area contributed by atoms with Crippen LogP contribution in [0.1, 0.15) is 27.8 Å². The van der Waals surface area contributed by atoms with Gasteiger partial charge in [-0.2, -0.15) is 0 Å². The van der Waals surface area contributed by atoms with Gasteiger partial charge in [0.05, 0.1) is 30.3 Å². The number of nitrogens with one attached hydrogen (secondary N) is 2. The molecule has 1 heterocycles. The number of anilines is 3. The molecule has 2 aromatic carbocycles. The minimum absolute atomic E-state index is 0.000464. The van der Waals surface area contributed by atoms with Gasteiger partial charge < -0.3 is 15.4 Å². The number of carbonyl (C=O) groups is 2. The average Bonchev–Trinajstić information content (AvgIpc) is 2.72. The second-order valence-corrected chi connectivity index (χ2v) is 5.76. The smallest absolute Gasteiger partial charge is 0.340 e. The van der Waals surface area contributed by atoms with E-state index in [2.05, 4.69) is 20.6 Å². The summed E-state index contributed by atoms with van der Waals surface area (Å²) in [5.74, 6) is -2.86. The number of ether oxygens (including phenoxy) is 1. The molecule has 1 amide bonds. The second-order valence-electron chi connectivity index (χ2n) is 5.76. The van der Waals surface area contributed by atoms with Crippen molar-refractivity contribution in [2.75, 3.05) is 17.2 Å². The Morgan fingerprint density at radius 3 is 2.52 bits per heavy atom. The van der Waals surface area contributed by atoms with Crippen molar-refractivity contribution in [1.82, 2.24) is 9.97 Å². The van der Waals surface area contributed by atoms with Gasteiger partial charge >= 0.3 is 5.97 Å². The van der Waals surface area contributed by atoms with Gasteiger partial charge in [0.25, 0.3) is 5.91 Å². The number of rotatable bonds is 6. The van der Waals surface area contributed by atoms with Gasteiger partial charge in [0, 0.05) is 11.8 Å². The molecule has 0 atom stereocenters. The number of aromatic nitrogens is 2. The number of nitrogens with zero attached hydrogens (tertiary/aromatic N) is 2. The average molecular weight is 398 g/mol. The van der Waals surface area contributed by atoms with Gasteiger partial charge in [-0.15, -0.1) is 0 Å². The Labute approximate surface area is 164 Å². The van der Waals surface area contributed by atoms with E-state index in [1.54, 1.807) is 25.1 Å². The predicted octanol–water partition coefficient (Wildman–Crippen LogP) is 3.93. The summed E-state index contributed by atoms with van der Waals surface area (Å²) in [7, 11) is 0. The molecule has 0 saturated heterocycles. The minimum Gasteiger partial charge on any atom is -0.462 e. The highest BCUT2D eigenvalue weighted by Gasteiger charge is 2.16. The molecular weight excluding hydrogens is 382 g/mol. The molecule has 0 unspecified atom stereocenters. The minimum atomic E-state index is -1.00. The first kappa shape index (κ1) is 19.9. The van der Waals surface area contributed by atoms with Crippen molar-refractivity contribution >= 4 is 29.1 Å². The summed E-state index contributed by atoms with van der Waals surface area (Å²) in [6.45, 7) is 1.89. The maximum atomic E-state index is 13.3. The molecule has 2 N–H and O–H groups in total. The van der Waals surface area contributed by atoms with Gasteiger partial charge in [0.15, 0.2) is 11.6 Å². The first-order valence-electron chi connectivity index (χ1n) is 8.59. The fourth-order valence-electron chi connectivity index (χ4n) is 2.40. The van der Waals surface area contributed by atoms with Crippen LogP contribution in [-0.2, 0) is 4.74 Å². The van der Waals surface area contributed by atoms with E-state index >= 15 is 0 Å². The number of amides is 1. The van der Waals surface area contributed by atoms with Gasteiger partial charge in [0.1, 0.15) is 11.5 Å². The highest BCUT2D eigenvalue weighted by Crippen LogP contribution is 2.19. The van der Waals surface area contributed by atoms with Crippen LogP contribution in [-0.4, -0.2) is 28.5 Å². The van der Waals surface area contributed by atoms with Gasteiger partial charge in [-0.3, -0.25) is 4.79 Å². The lowest BCUT2D eigenvalue weighted by Crippen LogP contribution is -2.17. The van der Waals surface area contributed by atoms with Crippen molar-refractivity contribution in [3.63, 3.8) is 0 Å². The Morgan fingerprint density at radius 2 is 1.83 bits per heavy atom. The van der Waals surface area contributed by atoms with Crippen molar-refractivity contribution < 1.29 is 23.1 Å². The molecule has 3 aromatic rings. The van der Waals surface area contributed by atoms with Crippen LogP contribution >= 0.6 is 0 Å². The van der Waals surface area contributed by atoms with Gasteiger partial charge in [-0.25, -0.2) is 23.5 Å². The molecule has 29 heavy (non-hydrogen) atoms. The van der Waals surface area contributed by atoms with Crippen LogP contribution in [0.25, 0.3) is 0 Å². The maximum absolute atomic E-state index is 13.3. The number of para-hydroxylation sites is 1. The van der Waals surface area contributed by atoms with E-state index in [1.807, 2.05) is 0 Å². The highest BCUT2D eigenvalue weighted by atomic mass is 19.2. The molecule has 0 aliphatic heterocycles. The quantitative estimate of drug-likeness (QED) is 0.611. The molecule has 0 bridgehead atoms. The number of halogens is 2. The van der Waals surface area contributed by atoms with Crippen LogP contribution in [0.2, 0.25) is 0 Å². The summed E-state index contributed by atoms with van der Waals surface area (Å²) in [6.07, 6.45) is 2.48. The summed E-state index contributed by atoms with van der Waals surface area (Å²) in [5.41, 5.74) is 0.771. The lowest BCUT2D eigenvalue weighted by atomic mass is 10.1. The fraction of sp³-hybridized carbons (Fsp3) is 0.100. The van der Waals surface area contributed by atoms with Crippen molar-refractivity contribution in [2.45, 2.75) is 6.92 Å². The largest absolute Gasteiger partial charge is 0.462 e. The topological polar surface area (TPSA) is 93.2 Å². The first-order valence-corrected chi connectivity index (χ1v) is 8.59. The standard InChI is InChI=1S/C20H16F2N4O3/c1-2-29-20(28)13-5-3-4-6-16(13)26-19(27)17-10-24-18(11-23-17)25-12-7-8-14(21)15(22)9-12/h3-11H,2H2,1H3,(H,24,25)(H,26,27). The van der Waals surface area contributed by atoms with Crippen LogP contribution in [0, 0.1) is 11.6 Å². The molecule has 0 fully saturated rings. The number of esters is 1. The number of hydrogen-bond donors (Lipinski definition) is 2. The Hall–Kier alpha value is -3.88. The zero-order valence-electron chi connectivity index (χ0n) is 15.3. The van der Waals surface area contributed by atoms with E-state index in [0.29, 0.717) is 0 Å². The molecule has 0 aliphatic carbocycles. The molecular formula is C20H16F2N4O3. The Morgan fingerprint density at radius 1 is 1.03 bits per heavy atom. The third kappa shape index (κ3) is 4.89. The Kier molecular flexibility index (Phi) is 6.08. The molecule has 0 spiro atoms. The normalized spacial score (nSPS) is 10.3. The summed E-state index contributed by atoms with van der Waals surface area (Å²) >= 11 is 0. The van der Waals surface area contributed by atoms with E-state index in [0.717, 1.165) is 12.1 Å². The lowest BCUT2D eigenvalue weighted by Gasteiger charge is -2.10. The van der Waals surface area contributed by atoms with Gasteiger partial charge in [-0.05, 0) is 31.2 Å². The second kappa shape index (κ2) is 8.87. The third-order valence-electron chi connectivity index (χ3n) is 3.75. The van der Waals surface area contributed by atoms with Crippen LogP contribution in [0.5, 0.6) is 0 Å². The zero-order valence-corrected chi connectivity index (χ0v) is 15.3. The summed E-state index contributed by atoms with van der Waals surface area (Å²) < 4.78 is 31.2. The number of hydrogen-bond acceptors (Lipinski definition) is 6. The Balaban J connectivity index is 1.71. The molecule has 1 aromatic heterocycles. The summed E-state index contributed by atoms with van der Waals surface area (Å²) in [5, 5.41) is 5.35. The zero-order chi connectivity index (χ0) is 20.8. The van der Waals surface area contributed by atoms with Crippen molar-refractivity contribution in [3.05, 3.63) is 77.8 Å². The van der Waals surface area contributed by atoms with Crippen molar-refractivity contribution in [3.8, 4) is 0 Å². The van der Waals surface area contributed by atoms with E-state index in [1.165, 1.54) is 24.5 Å². The number of benzene rings is 2. The molecule has 0 aliphatic rings. The number of carbonyl (C=O) groups excluding carboxylic acids is 2. The molecule has 7 nitrogen and oxygen atoms in total. The SMILES string of the molecule is CCOC(=O)c1ccccc1NC(=O)c1cnc(Nc2ccc(F)c(F)c2)cn1. The Bertz CT molecular complexity index is 1040. The maximum Gasteiger partial charge on any atom is 0.340 e. The first-order chi connectivity index (χ1) is 14.0. The third-order valence-corrected chi connectivity index (χ3v) is 3.75. The summed E-state index contributed by atoms with van der Waals surface area (Å²) in [4.78, 5) is 32.4. The van der Waals surface area contributed by atoms with E-state index in [-0.39, 0.29) is 35.1 Å². The lowest BCUT2D eigenvalue weighted by molar-refractivity contribution is 0.0527. The summed E-state index contributed by atoms with van der Waals surface area (Å²) in [6, 6.07) is 9.72. The van der Waals surface area contributed by atoms with Crippen molar-refractivity contribution in [1.29, 1.82) is 0 Å². The van der Waals surface area contributed by atoms with Crippen molar-refractivity contribution in [2.24, 2.45) is 0 Å². The van der Waals surface area contributed by atoms with Crippen LogP contribution in [0.4, 0.5) is 26.0 Å². The van der Waals surface area contributed by atoms with Gasteiger partial charge in [-0.1, -0.05) is 12.1 Å². The molecule has 0 saturated carbocycles. The fourth-order valence-corrected chi connectivity index (χ4v) is 2.40. The highest BCUT2D eigenvalue weighted by molar-refractivity contribution is 6.07. The molecule has 9 heteroatoms. The molecule has 3 rings (SSSR count). The van der Waals surface area contributed by atoms with Crippen LogP contribution < -0.4 is 10.6 Å². The monoisotopic (exact) mass is 398 g/mol. The molecule has 148 valence electrons. The van der Waals surface area contributed by atoms with E-state index in [4.69, 9.17) is 4.74 Å². The van der Waals surface area contributed by atoms with Crippen LogP contribution in [0.15, 0.2) is 54.9 Å². The predicted molar refractivity (Wildman–Crippen MR) is 102 cm³/mol. The molecule has 0 radical (unpaired) electrons.